The molecule has 39 heavy (non-hydrogen) atoms. The summed E-state index contributed by atoms with van der Waals surface area (Å²) in [6, 6.07) is 3.56. The van der Waals surface area contributed by atoms with E-state index >= 15 is 0 Å². The molecular weight excluding hydrogens is 524 g/mol. The summed E-state index contributed by atoms with van der Waals surface area (Å²) in [5, 5.41) is 17.8. The van der Waals surface area contributed by atoms with Crippen LogP contribution < -0.4 is 33.2 Å². The van der Waals surface area contributed by atoms with Gasteiger partial charge in [0.1, 0.15) is 18.1 Å². The summed E-state index contributed by atoms with van der Waals surface area (Å²) >= 11 is 1.49. The first-order chi connectivity index (χ1) is 18.5. The van der Waals surface area contributed by atoms with Crippen LogP contribution in [0.1, 0.15) is 31.7 Å². The molecule has 0 saturated carbocycles. The van der Waals surface area contributed by atoms with Gasteiger partial charge in [0.05, 0.1) is 6.04 Å². The highest BCUT2D eigenvalue weighted by molar-refractivity contribution is 7.98. The second-order valence-corrected chi connectivity index (χ2v) is 10.1. The molecule has 0 aliphatic carbocycles. The minimum atomic E-state index is -1.22. The largest absolute Gasteiger partial charge is 0.480 e. The number of aromatic nitrogens is 1. The average molecular weight is 563 g/mol. The number of hydrogen-bond acceptors (Lipinski definition) is 7. The summed E-state index contributed by atoms with van der Waals surface area (Å²) in [6.07, 6.45) is 4.72. The fourth-order valence-electron chi connectivity index (χ4n) is 3.83. The fourth-order valence-corrected chi connectivity index (χ4v) is 4.31. The molecule has 3 amide bonds. The van der Waals surface area contributed by atoms with E-state index < -0.39 is 47.9 Å². The van der Waals surface area contributed by atoms with Crippen molar-refractivity contribution in [1.29, 1.82) is 0 Å². The number of carboxylic acid groups (broad SMARTS) is 1. The number of guanidine groups is 1. The topological polar surface area (TPSA) is 231 Å². The highest BCUT2D eigenvalue weighted by atomic mass is 32.2. The molecular formula is C25H38N8O5S. The molecule has 11 N–H and O–H groups in total. The number of nitrogens with two attached hydrogens (primary N) is 3. The molecule has 0 spiro atoms. The van der Waals surface area contributed by atoms with Crippen LogP contribution in [0, 0.1) is 0 Å². The Morgan fingerprint density at radius 3 is 2.33 bits per heavy atom. The molecule has 4 unspecified atom stereocenters. The number of fused-ring (bicyclic) bond motifs is 1. The number of aliphatic imine (C=N–C) groups is 1. The van der Waals surface area contributed by atoms with Crippen molar-refractivity contribution in [3.63, 3.8) is 0 Å². The summed E-state index contributed by atoms with van der Waals surface area (Å²) < 4.78 is 0. The zero-order valence-corrected chi connectivity index (χ0v) is 22.9. The van der Waals surface area contributed by atoms with Gasteiger partial charge in [-0.2, -0.15) is 11.8 Å². The minimum Gasteiger partial charge on any atom is -0.480 e. The van der Waals surface area contributed by atoms with E-state index in [4.69, 9.17) is 22.3 Å². The predicted molar refractivity (Wildman–Crippen MR) is 152 cm³/mol. The van der Waals surface area contributed by atoms with Crippen LogP contribution in [0.5, 0.6) is 0 Å². The summed E-state index contributed by atoms with van der Waals surface area (Å²) in [7, 11) is 0. The van der Waals surface area contributed by atoms with E-state index in [1.807, 2.05) is 30.5 Å². The molecule has 14 heteroatoms. The number of carboxylic acids is 1. The number of aromatic amines is 1. The number of aliphatic carboxylic acids is 1. The third-order valence-electron chi connectivity index (χ3n) is 6.00. The van der Waals surface area contributed by atoms with E-state index in [2.05, 4.69) is 25.9 Å². The van der Waals surface area contributed by atoms with Crippen LogP contribution >= 0.6 is 11.8 Å². The monoisotopic (exact) mass is 562 g/mol. The molecule has 0 aliphatic heterocycles. The number of nitrogens with zero attached hydrogens (tertiary/aromatic N) is 1. The van der Waals surface area contributed by atoms with Gasteiger partial charge in [0, 0.05) is 23.6 Å². The lowest BCUT2D eigenvalue weighted by atomic mass is 10.0. The normalized spacial score (nSPS) is 14.0. The van der Waals surface area contributed by atoms with Gasteiger partial charge in [0.2, 0.25) is 17.7 Å². The first kappa shape index (κ1) is 31.4. The van der Waals surface area contributed by atoms with Crippen molar-refractivity contribution < 1.29 is 24.3 Å². The van der Waals surface area contributed by atoms with E-state index in [-0.39, 0.29) is 25.3 Å². The van der Waals surface area contributed by atoms with E-state index in [0.717, 1.165) is 16.5 Å². The van der Waals surface area contributed by atoms with Crippen molar-refractivity contribution in [2.24, 2.45) is 22.2 Å². The van der Waals surface area contributed by atoms with Crippen LogP contribution in [-0.2, 0) is 25.6 Å². The lowest BCUT2D eigenvalue weighted by molar-refractivity contribution is -0.141. The Bertz CT molecular complexity index is 1170. The van der Waals surface area contributed by atoms with Gasteiger partial charge in [0.25, 0.3) is 0 Å². The maximum absolute atomic E-state index is 13.2. The number of nitrogens with one attached hydrogen (secondary N) is 4. The van der Waals surface area contributed by atoms with Gasteiger partial charge in [-0.25, -0.2) is 0 Å². The van der Waals surface area contributed by atoms with Crippen LogP contribution in [-0.4, -0.2) is 82.5 Å². The number of carbonyl (C=O) groups is 4. The Hall–Kier alpha value is -3.78. The smallest absolute Gasteiger partial charge is 0.325 e. The molecule has 0 aliphatic rings. The third kappa shape index (κ3) is 10.1. The molecule has 0 fully saturated rings. The minimum absolute atomic E-state index is 0.108. The summed E-state index contributed by atoms with van der Waals surface area (Å²) in [5.74, 6) is -2.52. The Kier molecular flexibility index (Phi) is 12.6. The van der Waals surface area contributed by atoms with E-state index in [0.29, 0.717) is 18.6 Å². The third-order valence-corrected chi connectivity index (χ3v) is 6.65. The number of carbonyl (C=O) groups excluding carboxylic acids is 3. The predicted octanol–water partition coefficient (Wildman–Crippen LogP) is -0.597. The van der Waals surface area contributed by atoms with Gasteiger partial charge in [-0.3, -0.25) is 24.2 Å². The molecule has 2 rings (SSSR count). The quantitative estimate of drug-likeness (QED) is 0.0740. The number of rotatable bonds is 16. The fraction of sp³-hybridized carbons (Fsp3) is 0.480. The standard InChI is InChI=1S/C25H38N8O5S/c1-14(24(37)38)31-22(35)19(8-5-10-29-25(27)28)33-23(36)20(9-11-39-2)32-21(34)17(26)12-15-13-30-18-7-4-3-6-16(15)18/h3-4,6-7,13-14,17,19-20,30H,5,8-12,26H2,1-2H3,(H,31,35)(H,32,34)(H,33,36)(H,37,38)(H4,27,28,29). The number of benzene rings is 1. The second kappa shape index (κ2) is 15.6. The summed E-state index contributed by atoms with van der Waals surface area (Å²) in [6.45, 7) is 1.53. The van der Waals surface area contributed by atoms with Gasteiger partial charge in [0.15, 0.2) is 5.96 Å². The molecule has 1 aromatic carbocycles. The molecule has 214 valence electrons. The van der Waals surface area contributed by atoms with E-state index in [1.54, 1.807) is 6.20 Å². The number of amides is 3. The molecule has 13 nitrogen and oxygen atoms in total. The first-order valence-electron chi connectivity index (χ1n) is 12.5. The SMILES string of the molecule is CSCCC(NC(=O)C(N)Cc1c[nH]c2ccccc12)C(=O)NC(CCCN=C(N)N)C(=O)NC(C)C(=O)O. The lowest BCUT2D eigenvalue weighted by Crippen LogP contribution is -2.57. The van der Waals surface area contributed by atoms with Crippen LogP contribution in [0.15, 0.2) is 35.5 Å². The Morgan fingerprint density at radius 2 is 1.67 bits per heavy atom. The average Bonchev–Trinajstić information content (AvgIpc) is 3.30. The molecule has 1 heterocycles. The molecule has 0 radical (unpaired) electrons. The van der Waals surface area contributed by atoms with Gasteiger partial charge in [-0.15, -0.1) is 0 Å². The van der Waals surface area contributed by atoms with Crippen molar-refractivity contribution in [2.75, 3.05) is 18.6 Å². The van der Waals surface area contributed by atoms with Crippen LogP contribution in [0.2, 0.25) is 0 Å². The number of thioether (sulfide) groups is 1. The van der Waals surface area contributed by atoms with E-state index in [9.17, 15) is 19.2 Å². The van der Waals surface area contributed by atoms with Gasteiger partial charge >= 0.3 is 5.97 Å². The van der Waals surface area contributed by atoms with Crippen LogP contribution in [0.3, 0.4) is 0 Å². The number of hydrogen-bond donors (Lipinski definition) is 8. The maximum Gasteiger partial charge on any atom is 0.325 e. The van der Waals surface area contributed by atoms with Crippen molar-refractivity contribution in [2.45, 2.75) is 56.8 Å². The highest BCUT2D eigenvalue weighted by Gasteiger charge is 2.29. The van der Waals surface area contributed by atoms with Crippen molar-refractivity contribution >= 4 is 52.3 Å². The molecule has 0 bridgehead atoms. The first-order valence-corrected chi connectivity index (χ1v) is 13.9. The molecule has 4 atom stereocenters. The zero-order valence-electron chi connectivity index (χ0n) is 22.1. The molecule has 2 aromatic rings. The maximum atomic E-state index is 13.2. The van der Waals surface area contributed by atoms with Gasteiger partial charge < -0.3 is 43.2 Å². The van der Waals surface area contributed by atoms with E-state index in [1.165, 1.54) is 18.7 Å². The van der Waals surface area contributed by atoms with Gasteiger partial charge in [-0.1, -0.05) is 18.2 Å². The number of H-pyrrole nitrogens is 1. The highest BCUT2D eigenvalue weighted by Crippen LogP contribution is 2.19. The van der Waals surface area contributed by atoms with Crippen molar-refractivity contribution in [1.82, 2.24) is 20.9 Å². The zero-order chi connectivity index (χ0) is 28.9. The molecule has 1 aromatic heterocycles. The Labute approximate surface area is 231 Å². The second-order valence-electron chi connectivity index (χ2n) is 9.09. The van der Waals surface area contributed by atoms with Gasteiger partial charge in [-0.05, 0) is 56.2 Å². The van der Waals surface area contributed by atoms with Crippen LogP contribution in [0.25, 0.3) is 10.9 Å². The Morgan fingerprint density at radius 1 is 1.03 bits per heavy atom. The number of para-hydroxylation sites is 1. The van der Waals surface area contributed by atoms with Crippen LogP contribution in [0.4, 0.5) is 0 Å². The Balaban J connectivity index is 2.10. The van der Waals surface area contributed by atoms with Crippen molar-refractivity contribution in [3.05, 3.63) is 36.0 Å². The lowest BCUT2D eigenvalue weighted by Gasteiger charge is -2.24. The van der Waals surface area contributed by atoms with Crippen molar-refractivity contribution in [3.8, 4) is 0 Å². The summed E-state index contributed by atoms with van der Waals surface area (Å²) in [4.78, 5) is 57.2. The summed E-state index contributed by atoms with van der Waals surface area (Å²) in [5.41, 5.74) is 18.7. The molecule has 0 saturated heterocycles.